The molecule has 0 aliphatic carbocycles. The molecule has 1 aliphatic rings. The molecular weight excluding hydrogens is 232 g/mol. The van der Waals surface area contributed by atoms with Crippen LogP contribution >= 0.6 is 11.6 Å². The zero-order chi connectivity index (χ0) is 12.3. The van der Waals surface area contributed by atoms with Gasteiger partial charge in [-0.25, -0.2) is 0 Å². The van der Waals surface area contributed by atoms with Gasteiger partial charge in [-0.1, -0.05) is 37.1 Å². The average molecular weight is 253 g/mol. The molecule has 0 saturated carbocycles. The van der Waals surface area contributed by atoms with Gasteiger partial charge in [-0.2, -0.15) is 0 Å². The highest BCUT2D eigenvalue weighted by Crippen LogP contribution is 2.34. The Morgan fingerprint density at radius 2 is 2.29 bits per heavy atom. The Bertz CT molecular complexity index is 378. The van der Waals surface area contributed by atoms with Crippen LogP contribution in [0.15, 0.2) is 18.2 Å². The molecule has 0 aromatic heterocycles. The van der Waals surface area contributed by atoms with Gasteiger partial charge in [0.1, 0.15) is 0 Å². The van der Waals surface area contributed by atoms with Crippen molar-refractivity contribution in [2.45, 2.75) is 26.2 Å². The molecule has 2 rings (SSSR count). The van der Waals surface area contributed by atoms with Crippen LogP contribution in [0.2, 0.25) is 5.02 Å². The first-order valence-corrected chi connectivity index (χ1v) is 6.86. The maximum atomic E-state index is 6.35. The lowest BCUT2D eigenvalue weighted by Gasteiger charge is -2.23. The fraction of sp³-hybridized carbons (Fsp3) is 0.571. The van der Waals surface area contributed by atoms with Crippen LogP contribution in [0.4, 0.5) is 5.69 Å². The predicted octanol–water partition coefficient (Wildman–Crippen LogP) is 3.08. The van der Waals surface area contributed by atoms with E-state index in [-0.39, 0.29) is 0 Å². The van der Waals surface area contributed by atoms with Crippen molar-refractivity contribution < 1.29 is 0 Å². The van der Waals surface area contributed by atoms with E-state index in [0.717, 1.165) is 30.5 Å². The third kappa shape index (κ3) is 2.75. The molecule has 17 heavy (non-hydrogen) atoms. The lowest BCUT2D eigenvalue weighted by Crippen LogP contribution is -2.22. The Kier molecular flexibility index (Phi) is 4.30. The monoisotopic (exact) mass is 252 g/mol. The van der Waals surface area contributed by atoms with Crippen LogP contribution in [0.5, 0.6) is 0 Å². The van der Waals surface area contributed by atoms with Crippen LogP contribution < -0.4 is 10.6 Å². The fourth-order valence-electron chi connectivity index (χ4n) is 2.64. The molecule has 3 heteroatoms. The number of nitrogens with two attached hydrogens (primary N) is 1. The maximum absolute atomic E-state index is 6.35. The van der Waals surface area contributed by atoms with Crippen molar-refractivity contribution in [2.24, 2.45) is 11.7 Å². The summed E-state index contributed by atoms with van der Waals surface area (Å²) in [6, 6.07) is 6.15. The number of rotatable bonds is 4. The second-order valence-corrected chi connectivity index (χ2v) is 5.20. The van der Waals surface area contributed by atoms with Crippen molar-refractivity contribution in [3.63, 3.8) is 0 Å². The molecule has 1 aliphatic heterocycles. The van der Waals surface area contributed by atoms with Crippen LogP contribution in [0, 0.1) is 5.92 Å². The quantitative estimate of drug-likeness (QED) is 0.893. The van der Waals surface area contributed by atoms with E-state index in [4.69, 9.17) is 17.3 Å². The Balaban J connectivity index is 2.24. The van der Waals surface area contributed by atoms with Crippen molar-refractivity contribution in [2.75, 3.05) is 24.5 Å². The summed E-state index contributed by atoms with van der Waals surface area (Å²) in [5.41, 5.74) is 8.18. The smallest absolute Gasteiger partial charge is 0.0642 e. The zero-order valence-electron chi connectivity index (χ0n) is 10.5. The van der Waals surface area contributed by atoms with E-state index in [1.807, 2.05) is 12.1 Å². The first-order chi connectivity index (χ1) is 8.26. The predicted molar refractivity (Wildman–Crippen MR) is 74.8 cm³/mol. The van der Waals surface area contributed by atoms with E-state index >= 15 is 0 Å². The largest absolute Gasteiger partial charge is 0.370 e. The molecule has 1 aromatic carbocycles. The first-order valence-electron chi connectivity index (χ1n) is 6.48. The summed E-state index contributed by atoms with van der Waals surface area (Å²) in [5.74, 6) is 0.817. The molecule has 1 fully saturated rings. The van der Waals surface area contributed by atoms with E-state index in [1.165, 1.54) is 24.1 Å². The van der Waals surface area contributed by atoms with E-state index in [2.05, 4.69) is 17.9 Å². The summed E-state index contributed by atoms with van der Waals surface area (Å²) in [6.45, 7) is 5.21. The van der Waals surface area contributed by atoms with Gasteiger partial charge < -0.3 is 10.6 Å². The molecule has 0 radical (unpaired) electrons. The van der Waals surface area contributed by atoms with Gasteiger partial charge in [-0.3, -0.25) is 0 Å². The second kappa shape index (κ2) is 5.74. The second-order valence-electron chi connectivity index (χ2n) is 4.80. The van der Waals surface area contributed by atoms with Crippen molar-refractivity contribution in [1.29, 1.82) is 0 Å². The highest BCUT2D eigenvalue weighted by molar-refractivity contribution is 6.33. The van der Waals surface area contributed by atoms with Gasteiger partial charge in [-0.05, 0) is 36.9 Å². The fourth-order valence-corrected chi connectivity index (χ4v) is 2.95. The van der Waals surface area contributed by atoms with Gasteiger partial charge in [0.2, 0.25) is 0 Å². The first kappa shape index (κ1) is 12.7. The molecule has 0 bridgehead atoms. The summed E-state index contributed by atoms with van der Waals surface area (Å²) in [5, 5.41) is 0.868. The maximum Gasteiger partial charge on any atom is 0.0642 e. The van der Waals surface area contributed by atoms with Crippen LogP contribution in [0.25, 0.3) is 0 Å². The number of hydrogen-bond donors (Lipinski definition) is 1. The van der Waals surface area contributed by atoms with Gasteiger partial charge in [0, 0.05) is 13.1 Å². The average Bonchev–Trinajstić information content (AvgIpc) is 2.78. The molecule has 0 amide bonds. The molecular formula is C14H21ClN2. The van der Waals surface area contributed by atoms with Gasteiger partial charge in [0.15, 0.2) is 0 Å². The van der Waals surface area contributed by atoms with Crippen molar-refractivity contribution in [3.8, 4) is 0 Å². The molecule has 0 spiro atoms. The molecule has 1 atom stereocenters. The molecule has 94 valence electrons. The Labute approximate surface area is 109 Å². The number of nitrogens with zero attached hydrogens (tertiary/aromatic N) is 1. The number of para-hydroxylation sites is 1. The zero-order valence-corrected chi connectivity index (χ0v) is 11.2. The molecule has 1 heterocycles. The SMILES string of the molecule is CCC1CCN(c2c(Cl)cccc2CCN)C1. The Morgan fingerprint density at radius 3 is 2.94 bits per heavy atom. The van der Waals surface area contributed by atoms with Crippen LogP contribution in [0.1, 0.15) is 25.3 Å². The van der Waals surface area contributed by atoms with Crippen LogP contribution in [-0.2, 0) is 6.42 Å². The van der Waals surface area contributed by atoms with Crippen LogP contribution in [-0.4, -0.2) is 19.6 Å². The topological polar surface area (TPSA) is 29.3 Å². The van der Waals surface area contributed by atoms with E-state index in [9.17, 15) is 0 Å². The van der Waals surface area contributed by atoms with E-state index in [1.54, 1.807) is 0 Å². The summed E-state index contributed by atoms with van der Waals surface area (Å²) >= 11 is 6.35. The minimum Gasteiger partial charge on any atom is -0.370 e. The summed E-state index contributed by atoms with van der Waals surface area (Å²) in [6.07, 6.45) is 3.44. The van der Waals surface area contributed by atoms with Gasteiger partial charge in [0.05, 0.1) is 10.7 Å². The number of benzene rings is 1. The number of hydrogen-bond acceptors (Lipinski definition) is 2. The van der Waals surface area contributed by atoms with Crippen molar-refractivity contribution in [3.05, 3.63) is 28.8 Å². The highest BCUT2D eigenvalue weighted by atomic mass is 35.5. The molecule has 2 nitrogen and oxygen atoms in total. The minimum atomic E-state index is 0.679. The Morgan fingerprint density at radius 1 is 1.47 bits per heavy atom. The molecule has 1 unspecified atom stereocenters. The Hall–Kier alpha value is -0.730. The van der Waals surface area contributed by atoms with Crippen molar-refractivity contribution in [1.82, 2.24) is 0 Å². The molecule has 1 aromatic rings. The lowest BCUT2D eigenvalue weighted by atomic mass is 10.1. The summed E-state index contributed by atoms with van der Waals surface area (Å²) in [7, 11) is 0. The van der Waals surface area contributed by atoms with Gasteiger partial charge >= 0.3 is 0 Å². The minimum absolute atomic E-state index is 0.679. The third-order valence-electron chi connectivity index (χ3n) is 3.66. The lowest BCUT2D eigenvalue weighted by molar-refractivity contribution is 0.569. The standard InChI is InChI=1S/C14H21ClN2/c1-2-11-7-9-17(10-11)14-12(6-8-16)4-3-5-13(14)15/h3-5,11H,2,6-10,16H2,1H3. The van der Waals surface area contributed by atoms with E-state index < -0.39 is 0 Å². The highest BCUT2D eigenvalue weighted by Gasteiger charge is 2.24. The third-order valence-corrected chi connectivity index (χ3v) is 3.97. The number of anilines is 1. The van der Waals surface area contributed by atoms with Gasteiger partial charge in [0.25, 0.3) is 0 Å². The van der Waals surface area contributed by atoms with E-state index in [0.29, 0.717) is 6.54 Å². The normalized spacial score (nSPS) is 19.9. The van der Waals surface area contributed by atoms with Crippen molar-refractivity contribution >= 4 is 17.3 Å². The molecule has 2 N–H and O–H groups in total. The summed E-state index contributed by atoms with van der Waals surface area (Å²) in [4.78, 5) is 2.43. The van der Waals surface area contributed by atoms with Gasteiger partial charge in [-0.15, -0.1) is 0 Å². The number of halogens is 1. The van der Waals surface area contributed by atoms with Crippen LogP contribution in [0.3, 0.4) is 0 Å². The summed E-state index contributed by atoms with van der Waals surface area (Å²) < 4.78 is 0. The molecule has 1 saturated heterocycles.